The molecule has 6 nitrogen and oxygen atoms in total. The Kier molecular flexibility index (Phi) is 5.69. The first-order valence-electron chi connectivity index (χ1n) is 10.3. The van der Waals surface area contributed by atoms with Crippen LogP contribution in [0.5, 0.6) is 0 Å². The van der Waals surface area contributed by atoms with E-state index in [1.54, 1.807) is 11.2 Å². The van der Waals surface area contributed by atoms with Gasteiger partial charge in [-0.25, -0.2) is 0 Å². The summed E-state index contributed by atoms with van der Waals surface area (Å²) < 4.78 is 5.35. The first-order valence-corrected chi connectivity index (χ1v) is 10.3. The average molecular weight is 393 g/mol. The fourth-order valence-electron chi connectivity index (χ4n) is 3.98. The molecule has 0 radical (unpaired) electrons. The maximum atomic E-state index is 12.9. The standard InChI is InChI=1S/C23H27N3O3/c1-16(10-11-19-8-5-13-29-19)24-22(27)18-7-4-12-26(15-18)23(28)21-14-17-6-2-3-9-20(17)25-21/h2-3,5-6,8-9,13-14,16,18,25H,4,7,10-12,15H2,1H3,(H,24,27)/t16-,18+/m1/s1. The second-order valence-electron chi connectivity index (χ2n) is 7.89. The smallest absolute Gasteiger partial charge is 0.270 e. The van der Waals surface area contributed by atoms with E-state index in [0.717, 1.165) is 42.3 Å². The fourth-order valence-corrected chi connectivity index (χ4v) is 3.98. The Morgan fingerprint density at radius 3 is 2.93 bits per heavy atom. The van der Waals surface area contributed by atoms with Crippen molar-refractivity contribution in [1.29, 1.82) is 0 Å². The second kappa shape index (κ2) is 8.55. The number of para-hydroxylation sites is 1. The van der Waals surface area contributed by atoms with Gasteiger partial charge in [0, 0.05) is 36.5 Å². The molecule has 0 bridgehead atoms. The fraction of sp³-hybridized carbons (Fsp3) is 0.391. The number of rotatable bonds is 6. The zero-order chi connectivity index (χ0) is 20.2. The summed E-state index contributed by atoms with van der Waals surface area (Å²) in [6, 6.07) is 13.6. The van der Waals surface area contributed by atoms with E-state index in [0.29, 0.717) is 18.8 Å². The third-order valence-electron chi connectivity index (χ3n) is 5.63. The van der Waals surface area contributed by atoms with Crippen molar-refractivity contribution in [2.24, 2.45) is 5.92 Å². The predicted octanol–water partition coefficient (Wildman–Crippen LogP) is 3.75. The number of furan rings is 1. The summed E-state index contributed by atoms with van der Waals surface area (Å²) in [5.41, 5.74) is 1.53. The molecule has 3 heterocycles. The van der Waals surface area contributed by atoms with Gasteiger partial charge in [-0.2, -0.15) is 0 Å². The van der Waals surface area contributed by atoms with E-state index >= 15 is 0 Å². The highest BCUT2D eigenvalue weighted by atomic mass is 16.3. The molecule has 1 saturated heterocycles. The van der Waals surface area contributed by atoms with Crippen LogP contribution in [-0.2, 0) is 11.2 Å². The highest BCUT2D eigenvalue weighted by Gasteiger charge is 2.30. The topological polar surface area (TPSA) is 78.3 Å². The molecule has 2 N–H and O–H groups in total. The van der Waals surface area contributed by atoms with Crippen molar-refractivity contribution in [2.45, 2.75) is 38.6 Å². The summed E-state index contributed by atoms with van der Waals surface area (Å²) in [7, 11) is 0. The number of H-pyrrole nitrogens is 1. The van der Waals surface area contributed by atoms with E-state index < -0.39 is 0 Å². The quantitative estimate of drug-likeness (QED) is 0.669. The number of hydrogen-bond donors (Lipinski definition) is 2. The van der Waals surface area contributed by atoms with Gasteiger partial charge < -0.3 is 19.6 Å². The number of aromatic nitrogens is 1. The van der Waals surface area contributed by atoms with Gasteiger partial charge >= 0.3 is 0 Å². The van der Waals surface area contributed by atoms with Crippen LogP contribution in [0.15, 0.2) is 53.1 Å². The molecule has 29 heavy (non-hydrogen) atoms. The van der Waals surface area contributed by atoms with Gasteiger partial charge in [0.25, 0.3) is 5.91 Å². The lowest BCUT2D eigenvalue weighted by Crippen LogP contribution is -2.47. The zero-order valence-corrected chi connectivity index (χ0v) is 16.7. The highest BCUT2D eigenvalue weighted by Crippen LogP contribution is 2.21. The van der Waals surface area contributed by atoms with Crippen LogP contribution in [0, 0.1) is 5.92 Å². The SMILES string of the molecule is C[C@H](CCc1ccco1)NC(=O)[C@H]1CCCN(C(=O)c2cc3ccccc3[nH]2)C1. The number of piperidine rings is 1. The first-order chi connectivity index (χ1) is 14.1. The molecule has 0 unspecified atom stereocenters. The van der Waals surface area contributed by atoms with Crippen LogP contribution in [0.1, 0.15) is 42.4 Å². The third kappa shape index (κ3) is 4.53. The lowest BCUT2D eigenvalue weighted by molar-refractivity contribution is -0.127. The van der Waals surface area contributed by atoms with Gasteiger partial charge in [0.1, 0.15) is 11.5 Å². The molecule has 2 aromatic heterocycles. The van der Waals surface area contributed by atoms with E-state index in [1.807, 2.05) is 49.4 Å². The number of likely N-dealkylation sites (tertiary alicyclic amines) is 1. The molecule has 6 heteroatoms. The lowest BCUT2D eigenvalue weighted by Gasteiger charge is -2.32. The van der Waals surface area contributed by atoms with E-state index in [4.69, 9.17) is 4.42 Å². The molecule has 1 aliphatic heterocycles. The van der Waals surface area contributed by atoms with Gasteiger partial charge in [0.05, 0.1) is 12.2 Å². The van der Waals surface area contributed by atoms with Gasteiger partial charge in [-0.1, -0.05) is 18.2 Å². The molecule has 0 aliphatic carbocycles. The monoisotopic (exact) mass is 393 g/mol. The molecule has 2 atom stereocenters. The highest BCUT2D eigenvalue weighted by molar-refractivity contribution is 5.98. The Morgan fingerprint density at radius 1 is 1.28 bits per heavy atom. The van der Waals surface area contributed by atoms with Crippen LogP contribution >= 0.6 is 0 Å². The minimum Gasteiger partial charge on any atom is -0.469 e. The van der Waals surface area contributed by atoms with Crippen LogP contribution < -0.4 is 5.32 Å². The lowest BCUT2D eigenvalue weighted by atomic mass is 9.96. The Hall–Kier alpha value is -3.02. The molecule has 152 valence electrons. The molecule has 1 aliphatic rings. The van der Waals surface area contributed by atoms with E-state index in [1.165, 1.54) is 0 Å². The number of amides is 2. The van der Waals surface area contributed by atoms with Crippen LogP contribution in [0.4, 0.5) is 0 Å². The van der Waals surface area contributed by atoms with Crippen molar-refractivity contribution in [2.75, 3.05) is 13.1 Å². The molecule has 4 rings (SSSR count). The van der Waals surface area contributed by atoms with Crippen molar-refractivity contribution < 1.29 is 14.0 Å². The number of nitrogens with one attached hydrogen (secondary N) is 2. The number of aryl methyl sites for hydroxylation is 1. The Bertz CT molecular complexity index is 943. The van der Waals surface area contributed by atoms with Crippen molar-refractivity contribution >= 4 is 22.7 Å². The number of hydrogen-bond acceptors (Lipinski definition) is 3. The number of aromatic amines is 1. The maximum Gasteiger partial charge on any atom is 0.270 e. The van der Waals surface area contributed by atoms with E-state index in [-0.39, 0.29) is 23.8 Å². The molecular weight excluding hydrogens is 366 g/mol. The summed E-state index contributed by atoms with van der Waals surface area (Å²) in [6.45, 7) is 3.16. The molecule has 3 aromatic rings. The number of carbonyl (C=O) groups excluding carboxylic acids is 2. The number of fused-ring (bicyclic) bond motifs is 1. The predicted molar refractivity (Wildman–Crippen MR) is 112 cm³/mol. The Labute approximate surface area is 170 Å². The zero-order valence-electron chi connectivity index (χ0n) is 16.7. The molecular formula is C23H27N3O3. The number of carbonyl (C=O) groups is 2. The van der Waals surface area contributed by atoms with Gasteiger partial charge in [-0.15, -0.1) is 0 Å². The minimum atomic E-state index is -0.164. The van der Waals surface area contributed by atoms with Gasteiger partial charge in [-0.3, -0.25) is 9.59 Å². The van der Waals surface area contributed by atoms with Crippen molar-refractivity contribution in [1.82, 2.24) is 15.2 Å². The van der Waals surface area contributed by atoms with Gasteiger partial charge in [-0.05, 0) is 50.5 Å². The summed E-state index contributed by atoms with van der Waals surface area (Å²) in [6.07, 6.45) is 4.94. The van der Waals surface area contributed by atoms with Gasteiger partial charge in [0.2, 0.25) is 5.91 Å². The summed E-state index contributed by atoms with van der Waals surface area (Å²) in [4.78, 5) is 30.7. The Balaban J connectivity index is 1.33. The molecule has 1 fully saturated rings. The van der Waals surface area contributed by atoms with Crippen LogP contribution in [0.3, 0.4) is 0 Å². The van der Waals surface area contributed by atoms with Crippen molar-refractivity contribution in [3.63, 3.8) is 0 Å². The largest absolute Gasteiger partial charge is 0.469 e. The third-order valence-corrected chi connectivity index (χ3v) is 5.63. The Morgan fingerprint density at radius 2 is 2.14 bits per heavy atom. The minimum absolute atomic E-state index is 0.0334. The van der Waals surface area contributed by atoms with Crippen LogP contribution in [0.25, 0.3) is 10.9 Å². The maximum absolute atomic E-state index is 12.9. The molecule has 0 saturated carbocycles. The molecule has 1 aromatic carbocycles. The van der Waals surface area contributed by atoms with E-state index in [9.17, 15) is 9.59 Å². The normalized spacial score (nSPS) is 18.0. The van der Waals surface area contributed by atoms with Gasteiger partial charge in [0.15, 0.2) is 0 Å². The number of benzene rings is 1. The molecule has 0 spiro atoms. The number of nitrogens with zero attached hydrogens (tertiary/aromatic N) is 1. The summed E-state index contributed by atoms with van der Waals surface area (Å²) in [5.74, 6) is 0.762. The molecule has 2 amide bonds. The second-order valence-corrected chi connectivity index (χ2v) is 7.89. The van der Waals surface area contributed by atoms with Crippen LogP contribution in [-0.4, -0.2) is 40.8 Å². The van der Waals surface area contributed by atoms with Crippen molar-refractivity contribution in [3.8, 4) is 0 Å². The summed E-state index contributed by atoms with van der Waals surface area (Å²) >= 11 is 0. The first kappa shape index (κ1) is 19.3. The van der Waals surface area contributed by atoms with Crippen molar-refractivity contribution in [3.05, 3.63) is 60.2 Å². The van der Waals surface area contributed by atoms with Crippen LogP contribution in [0.2, 0.25) is 0 Å². The summed E-state index contributed by atoms with van der Waals surface area (Å²) in [5, 5.41) is 4.13. The average Bonchev–Trinajstić information content (AvgIpc) is 3.41. The van der Waals surface area contributed by atoms with E-state index in [2.05, 4.69) is 10.3 Å².